The van der Waals surface area contributed by atoms with Gasteiger partial charge < -0.3 is 9.47 Å². The third-order valence-electron chi connectivity index (χ3n) is 4.89. The van der Waals surface area contributed by atoms with E-state index in [1.165, 1.54) is 5.56 Å². The molecule has 0 saturated heterocycles. The Labute approximate surface area is 177 Å². The maximum absolute atomic E-state index is 13.1. The van der Waals surface area contributed by atoms with E-state index in [2.05, 4.69) is 6.92 Å². The molecule has 0 amide bonds. The number of Topliss-reactive ketones (excluding diaryl/α,β-unsaturated/α-hetero) is 1. The van der Waals surface area contributed by atoms with Crippen molar-refractivity contribution in [1.82, 2.24) is 0 Å². The monoisotopic (exact) mass is 402 g/mol. The van der Waals surface area contributed by atoms with Crippen molar-refractivity contribution in [3.05, 3.63) is 101 Å². The maximum Gasteiger partial charge on any atom is 0.345 e. The predicted octanol–water partition coefficient (Wildman–Crippen LogP) is 5.41. The van der Waals surface area contributed by atoms with Gasteiger partial charge in [0.1, 0.15) is 5.75 Å². The number of aryl methyl sites for hydroxylation is 3. The van der Waals surface area contributed by atoms with E-state index < -0.39 is 12.1 Å². The Kier molecular flexibility index (Phi) is 7.02. The molecule has 154 valence electrons. The molecule has 0 fully saturated rings. The number of rotatable bonds is 8. The quantitative estimate of drug-likeness (QED) is 0.373. The fraction of sp³-hybridized carbons (Fsp3) is 0.231. The number of ketones is 1. The lowest BCUT2D eigenvalue weighted by Crippen LogP contribution is -2.23. The summed E-state index contributed by atoms with van der Waals surface area (Å²) in [7, 11) is 0. The first-order valence-electron chi connectivity index (χ1n) is 10.0. The van der Waals surface area contributed by atoms with Crippen molar-refractivity contribution in [2.45, 2.75) is 33.3 Å². The first-order chi connectivity index (χ1) is 14.5. The zero-order valence-electron chi connectivity index (χ0n) is 17.6. The lowest BCUT2D eigenvalue weighted by molar-refractivity contribution is -0.149. The average Bonchev–Trinajstić information content (AvgIpc) is 2.77. The zero-order valence-corrected chi connectivity index (χ0v) is 17.6. The highest BCUT2D eigenvalue weighted by Crippen LogP contribution is 2.24. The normalized spacial score (nSPS) is 11.6. The molecule has 0 bridgehead atoms. The van der Waals surface area contributed by atoms with Gasteiger partial charge in [-0.3, -0.25) is 4.79 Å². The Morgan fingerprint density at radius 3 is 1.93 bits per heavy atom. The van der Waals surface area contributed by atoms with E-state index in [4.69, 9.17) is 9.47 Å². The maximum atomic E-state index is 13.1. The van der Waals surface area contributed by atoms with Crippen molar-refractivity contribution in [3.63, 3.8) is 0 Å². The van der Waals surface area contributed by atoms with E-state index in [9.17, 15) is 9.59 Å². The van der Waals surface area contributed by atoms with Gasteiger partial charge in [0.15, 0.2) is 12.7 Å². The highest BCUT2D eigenvalue weighted by molar-refractivity contribution is 6.01. The number of esters is 1. The Balaban J connectivity index is 1.74. The summed E-state index contributed by atoms with van der Waals surface area (Å²) in [6.07, 6.45) is -0.0892. The van der Waals surface area contributed by atoms with Gasteiger partial charge in [0, 0.05) is 11.1 Å². The molecule has 0 radical (unpaired) electrons. The molecular formula is C26H26O4. The molecule has 1 atom stereocenters. The molecule has 0 aromatic heterocycles. The lowest BCUT2D eigenvalue weighted by atomic mass is 9.98. The molecule has 3 aromatic rings. The molecule has 30 heavy (non-hydrogen) atoms. The molecule has 0 spiro atoms. The van der Waals surface area contributed by atoms with Crippen molar-refractivity contribution < 1.29 is 19.1 Å². The fourth-order valence-corrected chi connectivity index (χ4v) is 3.01. The van der Waals surface area contributed by atoms with Gasteiger partial charge in [0.25, 0.3) is 0 Å². The smallest absolute Gasteiger partial charge is 0.345 e. The third kappa shape index (κ3) is 5.57. The van der Waals surface area contributed by atoms with Gasteiger partial charge in [-0.1, -0.05) is 78.7 Å². The largest absolute Gasteiger partial charge is 0.482 e. The highest BCUT2D eigenvalue weighted by atomic mass is 16.6. The van der Waals surface area contributed by atoms with Gasteiger partial charge in [-0.15, -0.1) is 0 Å². The average molecular weight is 402 g/mol. The summed E-state index contributed by atoms with van der Waals surface area (Å²) < 4.78 is 11.1. The highest BCUT2D eigenvalue weighted by Gasteiger charge is 2.26. The van der Waals surface area contributed by atoms with Crippen LogP contribution in [0.2, 0.25) is 0 Å². The van der Waals surface area contributed by atoms with Gasteiger partial charge in [-0.05, 0) is 38.0 Å². The summed E-state index contributed by atoms with van der Waals surface area (Å²) in [4.78, 5) is 25.6. The first-order valence-corrected chi connectivity index (χ1v) is 10.0. The van der Waals surface area contributed by atoms with Crippen LogP contribution in [-0.4, -0.2) is 18.4 Å². The van der Waals surface area contributed by atoms with Crippen LogP contribution in [0.5, 0.6) is 5.75 Å². The third-order valence-corrected chi connectivity index (χ3v) is 4.89. The topological polar surface area (TPSA) is 52.6 Å². The lowest BCUT2D eigenvalue weighted by Gasteiger charge is -2.18. The van der Waals surface area contributed by atoms with Crippen LogP contribution in [0.3, 0.4) is 0 Å². The molecule has 3 aromatic carbocycles. The van der Waals surface area contributed by atoms with Crippen molar-refractivity contribution >= 4 is 11.8 Å². The first kappa shape index (κ1) is 21.3. The molecule has 3 rings (SSSR count). The summed E-state index contributed by atoms with van der Waals surface area (Å²) in [5.41, 5.74) is 4.43. The Morgan fingerprint density at radius 2 is 1.37 bits per heavy atom. The molecule has 4 heteroatoms. The number of carbonyl (C=O) groups excluding carboxylic acids is 2. The molecule has 0 aliphatic carbocycles. The molecule has 0 aliphatic rings. The van der Waals surface area contributed by atoms with E-state index in [0.29, 0.717) is 16.9 Å². The van der Waals surface area contributed by atoms with E-state index in [1.54, 1.807) is 12.1 Å². The van der Waals surface area contributed by atoms with Crippen LogP contribution in [0.25, 0.3) is 0 Å². The van der Waals surface area contributed by atoms with E-state index in [1.807, 2.05) is 74.5 Å². The number of benzene rings is 3. The van der Waals surface area contributed by atoms with Gasteiger partial charge in [-0.2, -0.15) is 0 Å². The summed E-state index contributed by atoms with van der Waals surface area (Å²) >= 11 is 0. The van der Waals surface area contributed by atoms with Crippen molar-refractivity contribution in [2.75, 3.05) is 6.61 Å². The Hall–Kier alpha value is -3.40. The Bertz CT molecular complexity index is 987. The van der Waals surface area contributed by atoms with Crippen molar-refractivity contribution in [2.24, 2.45) is 0 Å². The van der Waals surface area contributed by atoms with E-state index in [-0.39, 0.29) is 12.4 Å². The summed E-state index contributed by atoms with van der Waals surface area (Å²) in [5, 5.41) is 0. The minimum absolute atomic E-state index is 0.264. The summed E-state index contributed by atoms with van der Waals surface area (Å²) in [6, 6.07) is 22.2. The number of hydrogen-bond donors (Lipinski definition) is 0. The predicted molar refractivity (Wildman–Crippen MR) is 117 cm³/mol. The molecule has 0 aliphatic heterocycles. The second-order valence-corrected chi connectivity index (χ2v) is 7.30. The van der Waals surface area contributed by atoms with Crippen LogP contribution >= 0.6 is 0 Å². The second kappa shape index (κ2) is 9.88. The minimum atomic E-state index is -1.02. The van der Waals surface area contributed by atoms with Crippen LogP contribution in [0.4, 0.5) is 0 Å². The summed E-state index contributed by atoms with van der Waals surface area (Å²) in [5.74, 6) is -0.277. The van der Waals surface area contributed by atoms with Gasteiger partial charge in [-0.25, -0.2) is 4.79 Å². The molecule has 0 saturated carbocycles. The van der Waals surface area contributed by atoms with Crippen LogP contribution in [-0.2, 0) is 16.0 Å². The van der Waals surface area contributed by atoms with Crippen LogP contribution in [0.1, 0.15) is 45.6 Å². The van der Waals surface area contributed by atoms with Gasteiger partial charge in [0.05, 0.1) is 0 Å². The van der Waals surface area contributed by atoms with Gasteiger partial charge in [0.2, 0.25) is 5.78 Å². The number of ether oxygens (including phenoxy) is 2. The van der Waals surface area contributed by atoms with Crippen LogP contribution in [0, 0.1) is 13.8 Å². The standard InChI is InChI=1S/C26H26O4/c1-4-20-9-15-23(16-10-20)29-17-24(27)30-26(22-13-7-19(3)8-14-22)25(28)21-11-5-18(2)6-12-21/h5-16,26H,4,17H2,1-3H3/t26-/m0/s1. The SMILES string of the molecule is CCc1ccc(OCC(=O)O[C@H](C(=O)c2ccc(C)cc2)c2ccc(C)cc2)cc1. The second-order valence-electron chi connectivity index (χ2n) is 7.30. The summed E-state index contributed by atoms with van der Waals surface area (Å²) in [6.45, 7) is 5.72. The molecule has 0 N–H and O–H groups in total. The minimum Gasteiger partial charge on any atom is -0.482 e. The molecule has 4 nitrogen and oxygen atoms in total. The number of hydrogen-bond acceptors (Lipinski definition) is 4. The van der Waals surface area contributed by atoms with Crippen LogP contribution in [0.15, 0.2) is 72.8 Å². The molecule has 0 heterocycles. The molecular weight excluding hydrogens is 376 g/mol. The fourth-order valence-electron chi connectivity index (χ4n) is 3.01. The molecule has 0 unspecified atom stereocenters. The van der Waals surface area contributed by atoms with E-state index >= 15 is 0 Å². The Morgan fingerprint density at radius 1 is 0.800 bits per heavy atom. The zero-order chi connectivity index (χ0) is 21.5. The van der Waals surface area contributed by atoms with E-state index in [0.717, 1.165) is 17.5 Å². The van der Waals surface area contributed by atoms with Crippen molar-refractivity contribution in [1.29, 1.82) is 0 Å². The number of carbonyl (C=O) groups is 2. The van der Waals surface area contributed by atoms with Crippen molar-refractivity contribution in [3.8, 4) is 5.75 Å². The van der Waals surface area contributed by atoms with Gasteiger partial charge >= 0.3 is 5.97 Å². The van der Waals surface area contributed by atoms with Crippen LogP contribution < -0.4 is 4.74 Å².